The van der Waals surface area contributed by atoms with Gasteiger partial charge in [-0.05, 0) is 0 Å². The van der Waals surface area contributed by atoms with Crippen LogP contribution in [0, 0.1) is 0 Å². The Morgan fingerprint density at radius 2 is 2.21 bits per heavy atom. The van der Waals surface area contributed by atoms with Crippen molar-refractivity contribution in [2.75, 3.05) is 13.6 Å². The maximum absolute atomic E-state index is 11.6. The summed E-state index contributed by atoms with van der Waals surface area (Å²) >= 11 is 0. The summed E-state index contributed by atoms with van der Waals surface area (Å²) in [6.45, 7) is -0.255. The van der Waals surface area contributed by atoms with Gasteiger partial charge in [0.05, 0.1) is 17.9 Å². The molecule has 1 aromatic rings. The number of hydrogen-bond acceptors (Lipinski definition) is 8. The Balaban J connectivity index is 2.49. The zero-order valence-electron chi connectivity index (χ0n) is 12.6. The lowest BCUT2D eigenvalue weighted by Crippen LogP contribution is -2.50. The molecule has 14 heteroatoms. The lowest BCUT2D eigenvalue weighted by molar-refractivity contribution is 0.0842. The first-order valence-electron chi connectivity index (χ1n) is 6.49. The SMILES string of the molecule is CN=C(NO)[C@@H]1c2c(cnn2C)[C@@H](NOS(=O)(=O)O)CN1C(=O)O. The van der Waals surface area contributed by atoms with Crippen LogP contribution in [0.25, 0.3) is 0 Å². The normalized spacial score (nSPS) is 21.5. The summed E-state index contributed by atoms with van der Waals surface area (Å²) < 4.78 is 35.6. The van der Waals surface area contributed by atoms with Crippen LogP contribution in [0.15, 0.2) is 11.2 Å². The molecule has 5 N–H and O–H groups in total. The maximum Gasteiger partial charge on any atom is 0.413 e. The van der Waals surface area contributed by atoms with Crippen LogP contribution in [0.2, 0.25) is 0 Å². The van der Waals surface area contributed by atoms with E-state index in [1.165, 1.54) is 17.9 Å². The van der Waals surface area contributed by atoms with E-state index in [1.54, 1.807) is 7.05 Å². The topological polar surface area (TPSA) is 179 Å². The molecule has 0 spiro atoms. The molecule has 2 heterocycles. The first-order valence-corrected chi connectivity index (χ1v) is 7.85. The minimum atomic E-state index is -4.78. The van der Waals surface area contributed by atoms with E-state index >= 15 is 0 Å². The Bertz CT molecular complexity index is 760. The van der Waals surface area contributed by atoms with Gasteiger partial charge in [-0.1, -0.05) is 0 Å². The highest BCUT2D eigenvalue weighted by Crippen LogP contribution is 2.35. The molecular formula is C10H16N6O7S. The molecule has 0 bridgehead atoms. The molecule has 0 saturated heterocycles. The predicted molar refractivity (Wildman–Crippen MR) is 77.5 cm³/mol. The average molecular weight is 364 g/mol. The van der Waals surface area contributed by atoms with Crippen molar-refractivity contribution in [3.8, 4) is 0 Å². The fraction of sp³-hybridized carbons (Fsp3) is 0.500. The highest BCUT2D eigenvalue weighted by Gasteiger charge is 2.41. The Morgan fingerprint density at radius 1 is 1.54 bits per heavy atom. The second-order valence-electron chi connectivity index (χ2n) is 4.85. The fourth-order valence-corrected chi connectivity index (χ4v) is 2.77. The number of carboxylic acid groups (broad SMARTS) is 1. The molecule has 0 aliphatic carbocycles. The van der Waals surface area contributed by atoms with E-state index in [9.17, 15) is 23.5 Å². The van der Waals surface area contributed by atoms with Crippen molar-refractivity contribution in [3.05, 3.63) is 17.5 Å². The van der Waals surface area contributed by atoms with E-state index in [0.29, 0.717) is 11.3 Å². The van der Waals surface area contributed by atoms with Crippen molar-refractivity contribution in [1.29, 1.82) is 0 Å². The van der Waals surface area contributed by atoms with Gasteiger partial charge in [-0.2, -0.15) is 23.3 Å². The van der Waals surface area contributed by atoms with Crippen molar-refractivity contribution in [2.24, 2.45) is 12.0 Å². The van der Waals surface area contributed by atoms with Crippen LogP contribution < -0.4 is 11.0 Å². The lowest BCUT2D eigenvalue weighted by Gasteiger charge is -2.37. The standard InChI is InChI=1S/C10H16N6O7S/c1-11-9(13-19)8-7-5(3-12-15(7)2)6(4-16(8)10(17)18)14-23-24(20,21)22/h3,6,8,14,19H,4H2,1-2H3,(H,11,13)(H,17,18)(H,20,21,22)/t6-,8-/m0/s1. The number of amidine groups is 1. The van der Waals surface area contributed by atoms with E-state index in [2.05, 4.69) is 19.9 Å². The predicted octanol–water partition coefficient (Wildman–Crippen LogP) is -1.17. The average Bonchev–Trinajstić information content (AvgIpc) is 2.88. The van der Waals surface area contributed by atoms with Crippen molar-refractivity contribution in [2.45, 2.75) is 12.1 Å². The quantitative estimate of drug-likeness (QED) is 0.189. The van der Waals surface area contributed by atoms with Gasteiger partial charge in [0.2, 0.25) is 0 Å². The Kier molecular flexibility index (Phi) is 5.05. The van der Waals surface area contributed by atoms with Gasteiger partial charge in [0.15, 0.2) is 0 Å². The summed E-state index contributed by atoms with van der Waals surface area (Å²) in [6, 6.07) is -1.93. The van der Waals surface area contributed by atoms with Crippen molar-refractivity contribution < 1.29 is 32.4 Å². The van der Waals surface area contributed by atoms with Crippen LogP contribution in [0.4, 0.5) is 4.79 Å². The molecular weight excluding hydrogens is 348 g/mol. The number of nitrogens with zero attached hydrogens (tertiary/aromatic N) is 4. The molecule has 1 amide bonds. The minimum absolute atomic E-state index is 0.0450. The smallest absolute Gasteiger partial charge is 0.413 e. The van der Waals surface area contributed by atoms with Gasteiger partial charge in [-0.25, -0.2) is 4.79 Å². The van der Waals surface area contributed by atoms with Gasteiger partial charge in [-0.3, -0.25) is 29.8 Å². The first kappa shape index (κ1) is 18.1. The summed E-state index contributed by atoms with van der Waals surface area (Å²) in [5.41, 5.74) is 4.70. The van der Waals surface area contributed by atoms with Crippen molar-refractivity contribution >= 4 is 22.3 Å². The zero-order chi connectivity index (χ0) is 18.1. The number of aliphatic imine (C=N–C) groups is 1. The lowest BCUT2D eigenvalue weighted by atomic mass is 9.95. The summed E-state index contributed by atoms with van der Waals surface area (Å²) in [6.07, 6.45) is 0.0407. The largest absolute Gasteiger partial charge is 0.465 e. The number of rotatable bonds is 4. The highest BCUT2D eigenvalue weighted by atomic mass is 32.3. The molecule has 0 radical (unpaired) electrons. The molecule has 0 saturated carbocycles. The Hall–Kier alpha value is -2.26. The number of nitrogens with one attached hydrogen (secondary N) is 2. The van der Waals surface area contributed by atoms with E-state index in [4.69, 9.17) is 4.55 Å². The molecule has 0 unspecified atom stereocenters. The summed E-state index contributed by atoms with van der Waals surface area (Å²) in [5, 5.41) is 22.7. The molecule has 134 valence electrons. The zero-order valence-corrected chi connectivity index (χ0v) is 13.4. The van der Waals surface area contributed by atoms with Gasteiger partial charge in [0.25, 0.3) is 0 Å². The minimum Gasteiger partial charge on any atom is -0.465 e. The fourth-order valence-electron chi connectivity index (χ4n) is 2.53. The van der Waals surface area contributed by atoms with E-state index in [-0.39, 0.29) is 12.4 Å². The number of carbonyl (C=O) groups is 1. The van der Waals surface area contributed by atoms with Crippen LogP contribution in [-0.4, -0.2) is 63.5 Å². The summed E-state index contributed by atoms with van der Waals surface area (Å²) in [5.74, 6) is -0.0450. The molecule has 0 fully saturated rings. The third-order valence-corrected chi connectivity index (χ3v) is 3.80. The van der Waals surface area contributed by atoms with Crippen LogP contribution >= 0.6 is 0 Å². The summed E-state index contributed by atoms with van der Waals surface area (Å²) in [4.78, 5) is 16.3. The molecule has 1 aliphatic heterocycles. The second-order valence-corrected chi connectivity index (χ2v) is 5.87. The Morgan fingerprint density at radius 3 is 2.71 bits per heavy atom. The third-order valence-electron chi connectivity index (χ3n) is 3.50. The number of hydrogen-bond donors (Lipinski definition) is 5. The Labute approximate surface area is 136 Å². The molecule has 13 nitrogen and oxygen atoms in total. The van der Waals surface area contributed by atoms with Gasteiger partial charge >= 0.3 is 16.5 Å². The van der Waals surface area contributed by atoms with Crippen molar-refractivity contribution in [3.63, 3.8) is 0 Å². The second kappa shape index (κ2) is 6.70. The molecule has 24 heavy (non-hydrogen) atoms. The van der Waals surface area contributed by atoms with Crippen molar-refractivity contribution in [1.82, 2.24) is 25.6 Å². The third kappa shape index (κ3) is 3.46. The van der Waals surface area contributed by atoms with Gasteiger partial charge < -0.3 is 5.11 Å². The highest BCUT2D eigenvalue weighted by molar-refractivity contribution is 7.80. The molecule has 0 aromatic carbocycles. The monoisotopic (exact) mass is 364 g/mol. The van der Waals surface area contributed by atoms with E-state index in [0.717, 1.165) is 4.90 Å². The van der Waals surface area contributed by atoms with Gasteiger partial charge in [-0.15, -0.1) is 0 Å². The molecule has 2 rings (SSSR count). The molecule has 1 aliphatic rings. The van der Waals surface area contributed by atoms with E-state index < -0.39 is 28.6 Å². The van der Waals surface area contributed by atoms with Crippen LogP contribution in [-0.2, 0) is 21.7 Å². The first-order chi connectivity index (χ1) is 11.2. The number of aryl methyl sites for hydroxylation is 1. The molecule has 2 atom stereocenters. The number of fused-ring (bicyclic) bond motifs is 1. The number of amides is 1. The molecule has 1 aromatic heterocycles. The van der Waals surface area contributed by atoms with Crippen LogP contribution in [0.5, 0.6) is 0 Å². The van der Waals surface area contributed by atoms with Crippen LogP contribution in [0.3, 0.4) is 0 Å². The van der Waals surface area contributed by atoms with Gasteiger partial charge in [0, 0.05) is 26.2 Å². The van der Waals surface area contributed by atoms with E-state index in [1.807, 2.05) is 5.48 Å². The summed E-state index contributed by atoms with van der Waals surface area (Å²) in [7, 11) is -1.87. The van der Waals surface area contributed by atoms with Crippen LogP contribution in [0.1, 0.15) is 23.3 Å². The number of hydroxylamine groups is 2. The number of aromatic nitrogens is 2. The maximum atomic E-state index is 11.6. The van der Waals surface area contributed by atoms with Gasteiger partial charge in [0.1, 0.15) is 11.9 Å².